The Morgan fingerprint density at radius 1 is 1.16 bits per heavy atom. The van der Waals surface area contributed by atoms with Gasteiger partial charge in [-0.1, -0.05) is 0 Å². The fraction of sp³-hybridized carbons (Fsp3) is 0.316. The Labute approximate surface area is 145 Å². The Hall–Kier alpha value is -2.60. The maximum Gasteiger partial charge on any atom is 0.154 e. The number of rotatable bonds is 4. The van der Waals surface area contributed by atoms with E-state index in [1.165, 1.54) is 25.0 Å². The average molecular weight is 337 g/mol. The van der Waals surface area contributed by atoms with Crippen LogP contribution < -0.4 is 10.6 Å². The Bertz CT molecular complexity index is 859. The van der Waals surface area contributed by atoms with E-state index >= 15 is 0 Å². The normalized spacial score (nSPS) is 17.6. The molecule has 3 heterocycles. The molecule has 6 heteroatoms. The van der Waals surface area contributed by atoms with E-state index in [9.17, 15) is 4.39 Å². The van der Waals surface area contributed by atoms with Crippen molar-refractivity contribution in [3.05, 3.63) is 48.5 Å². The van der Waals surface area contributed by atoms with Crippen molar-refractivity contribution in [1.82, 2.24) is 20.3 Å². The summed E-state index contributed by atoms with van der Waals surface area (Å²) in [5, 5.41) is 6.88. The van der Waals surface area contributed by atoms with Gasteiger partial charge in [-0.25, -0.2) is 14.4 Å². The smallest absolute Gasteiger partial charge is 0.154 e. The molecule has 5 nitrogen and oxygen atoms in total. The van der Waals surface area contributed by atoms with Crippen LogP contribution in [0.15, 0.2) is 42.7 Å². The Balaban J connectivity index is 1.67. The highest BCUT2D eigenvalue weighted by Crippen LogP contribution is 2.26. The van der Waals surface area contributed by atoms with Crippen LogP contribution in [0.4, 0.5) is 10.2 Å². The van der Waals surface area contributed by atoms with E-state index in [1.807, 2.05) is 6.07 Å². The van der Waals surface area contributed by atoms with Crippen LogP contribution >= 0.6 is 0 Å². The number of piperidine rings is 1. The second-order valence-corrected chi connectivity index (χ2v) is 6.38. The molecule has 4 rings (SSSR count). The lowest BCUT2D eigenvalue weighted by Crippen LogP contribution is -2.33. The van der Waals surface area contributed by atoms with Crippen molar-refractivity contribution in [3.63, 3.8) is 0 Å². The number of hydrogen-bond donors (Lipinski definition) is 2. The molecule has 0 bridgehead atoms. The molecule has 0 amide bonds. The van der Waals surface area contributed by atoms with Gasteiger partial charge in [-0.2, -0.15) is 0 Å². The second kappa shape index (κ2) is 7.11. The lowest BCUT2D eigenvalue weighted by atomic mass is 10.00. The molecule has 25 heavy (non-hydrogen) atoms. The SMILES string of the molecule is Fc1ccc(-c2cc3nccnc3c(NCC3CCCNC3)n2)cc1. The van der Waals surface area contributed by atoms with Crippen molar-refractivity contribution in [3.8, 4) is 11.3 Å². The Morgan fingerprint density at radius 3 is 2.80 bits per heavy atom. The monoisotopic (exact) mass is 337 g/mol. The van der Waals surface area contributed by atoms with Crippen molar-refractivity contribution in [1.29, 1.82) is 0 Å². The van der Waals surface area contributed by atoms with Gasteiger partial charge in [0.2, 0.25) is 0 Å². The molecule has 2 aromatic heterocycles. The molecule has 1 aliphatic rings. The van der Waals surface area contributed by atoms with Crippen LogP contribution in [0.3, 0.4) is 0 Å². The molecule has 0 saturated carbocycles. The van der Waals surface area contributed by atoms with Crippen molar-refractivity contribution < 1.29 is 4.39 Å². The van der Waals surface area contributed by atoms with Crippen LogP contribution in [0.5, 0.6) is 0 Å². The third kappa shape index (κ3) is 3.58. The largest absolute Gasteiger partial charge is 0.368 e. The summed E-state index contributed by atoms with van der Waals surface area (Å²) in [6, 6.07) is 8.24. The summed E-state index contributed by atoms with van der Waals surface area (Å²) in [5.74, 6) is 1.06. The molecule has 0 radical (unpaired) electrons. The van der Waals surface area contributed by atoms with E-state index in [2.05, 4.69) is 20.6 Å². The molecular formula is C19H20FN5. The van der Waals surface area contributed by atoms with Crippen molar-refractivity contribution in [2.45, 2.75) is 12.8 Å². The molecule has 1 atom stereocenters. The number of hydrogen-bond acceptors (Lipinski definition) is 5. The number of fused-ring (bicyclic) bond motifs is 1. The molecule has 3 aromatic rings. The highest BCUT2D eigenvalue weighted by molar-refractivity contribution is 5.88. The first-order valence-electron chi connectivity index (χ1n) is 8.62. The van der Waals surface area contributed by atoms with Crippen LogP contribution in [-0.2, 0) is 0 Å². The molecule has 1 unspecified atom stereocenters. The summed E-state index contributed by atoms with van der Waals surface area (Å²) in [7, 11) is 0. The van der Waals surface area contributed by atoms with E-state index in [1.54, 1.807) is 24.5 Å². The van der Waals surface area contributed by atoms with E-state index in [0.29, 0.717) is 5.92 Å². The number of benzene rings is 1. The highest BCUT2D eigenvalue weighted by Gasteiger charge is 2.15. The summed E-state index contributed by atoms with van der Waals surface area (Å²) in [6.07, 6.45) is 5.76. The predicted molar refractivity (Wildman–Crippen MR) is 96.8 cm³/mol. The molecule has 0 spiro atoms. The van der Waals surface area contributed by atoms with Gasteiger partial charge in [0.1, 0.15) is 11.3 Å². The van der Waals surface area contributed by atoms with E-state index in [4.69, 9.17) is 4.98 Å². The molecule has 1 aliphatic heterocycles. The number of nitrogens with one attached hydrogen (secondary N) is 2. The predicted octanol–water partition coefficient (Wildman–Crippen LogP) is 3.24. The molecule has 2 N–H and O–H groups in total. The van der Waals surface area contributed by atoms with E-state index in [0.717, 1.165) is 47.7 Å². The maximum absolute atomic E-state index is 13.2. The fourth-order valence-electron chi connectivity index (χ4n) is 3.20. The third-order valence-corrected chi connectivity index (χ3v) is 4.55. The lowest BCUT2D eigenvalue weighted by Gasteiger charge is -2.23. The minimum Gasteiger partial charge on any atom is -0.368 e. The van der Waals surface area contributed by atoms with Gasteiger partial charge in [-0.15, -0.1) is 0 Å². The fourth-order valence-corrected chi connectivity index (χ4v) is 3.20. The van der Waals surface area contributed by atoms with Crippen molar-refractivity contribution in [2.24, 2.45) is 5.92 Å². The minimum atomic E-state index is -0.257. The summed E-state index contributed by atoms with van der Waals surface area (Å²) in [5.41, 5.74) is 3.16. The summed E-state index contributed by atoms with van der Waals surface area (Å²) < 4.78 is 13.2. The summed E-state index contributed by atoms with van der Waals surface area (Å²) >= 11 is 0. The average Bonchev–Trinajstić information content (AvgIpc) is 2.67. The Kier molecular flexibility index (Phi) is 4.52. The lowest BCUT2D eigenvalue weighted by molar-refractivity contribution is 0.392. The zero-order valence-corrected chi connectivity index (χ0v) is 13.9. The number of aromatic nitrogens is 3. The van der Waals surface area contributed by atoms with Crippen LogP contribution in [0.25, 0.3) is 22.3 Å². The number of nitrogens with zero attached hydrogens (tertiary/aromatic N) is 3. The number of halogens is 1. The van der Waals surface area contributed by atoms with Gasteiger partial charge in [0, 0.05) is 24.5 Å². The highest BCUT2D eigenvalue weighted by atomic mass is 19.1. The van der Waals surface area contributed by atoms with Crippen molar-refractivity contribution in [2.75, 3.05) is 25.0 Å². The number of pyridine rings is 1. The molecule has 0 aliphatic carbocycles. The maximum atomic E-state index is 13.2. The first-order valence-corrected chi connectivity index (χ1v) is 8.62. The quantitative estimate of drug-likeness (QED) is 0.765. The zero-order valence-electron chi connectivity index (χ0n) is 13.9. The summed E-state index contributed by atoms with van der Waals surface area (Å²) in [6.45, 7) is 2.97. The van der Waals surface area contributed by atoms with E-state index < -0.39 is 0 Å². The van der Waals surface area contributed by atoms with Gasteiger partial charge < -0.3 is 10.6 Å². The first-order chi connectivity index (χ1) is 12.3. The summed E-state index contributed by atoms with van der Waals surface area (Å²) in [4.78, 5) is 13.6. The molecule has 1 saturated heterocycles. The minimum absolute atomic E-state index is 0.257. The Morgan fingerprint density at radius 2 is 2.00 bits per heavy atom. The van der Waals surface area contributed by atoms with Crippen LogP contribution in [0.2, 0.25) is 0 Å². The van der Waals surface area contributed by atoms with Crippen LogP contribution in [-0.4, -0.2) is 34.6 Å². The third-order valence-electron chi connectivity index (χ3n) is 4.55. The van der Waals surface area contributed by atoms with Gasteiger partial charge in [-0.05, 0) is 62.2 Å². The topological polar surface area (TPSA) is 62.7 Å². The van der Waals surface area contributed by atoms with Crippen LogP contribution in [0.1, 0.15) is 12.8 Å². The van der Waals surface area contributed by atoms with Gasteiger partial charge in [0.15, 0.2) is 5.82 Å². The first kappa shape index (κ1) is 15.9. The van der Waals surface area contributed by atoms with Gasteiger partial charge in [-0.3, -0.25) is 4.98 Å². The van der Waals surface area contributed by atoms with Gasteiger partial charge >= 0.3 is 0 Å². The van der Waals surface area contributed by atoms with E-state index in [-0.39, 0.29) is 5.82 Å². The second-order valence-electron chi connectivity index (χ2n) is 6.38. The number of anilines is 1. The molecule has 1 aromatic carbocycles. The standard InChI is InChI=1S/C19H20FN5/c20-15-5-3-14(4-6-15)16-10-17-18(23-9-8-22-17)19(25-16)24-12-13-2-1-7-21-11-13/h3-6,8-10,13,21H,1-2,7,11-12H2,(H,24,25). The van der Waals surface area contributed by atoms with Crippen LogP contribution in [0, 0.1) is 11.7 Å². The van der Waals surface area contributed by atoms with Crippen molar-refractivity contribution >= 4 is 16.9 Å². The van der Waals surface area contributed by atoms with Gasteiger partial charge in [0.25, 0.3) is 0 Å². The van der Waals surface area contributed by atoms with Gasteiger partial charge in [0.05, 0.1) is 11.2 Å². The zero-order chi connectivity index (χ0) is 17.1. The molecule has 1 fully saturated rings. The molecule has 128 valence electrons. The molecular weight excluding hydrogens is 317 g/mol.